The molecule has 5 heteroatoms. The van der Waals surface area contributed by atoms with Crippen LogP contribution in [0.4, 0.5) is 4.39 Å². The molecule has 0 aliphatic heterocycles. The standard InChI is InChI=1S/C11H12FNO3/c1-8(13-16-7-11(14)15)6-9-4-2-3-5-10(9)12/h2-5H,6-7H2,1H3,(H,14,15)/b13-8-. The highest BCUT2D eigenvalue weighted by atomic mass is 19.1. The van der Waals surface area contributed by atoms with Gasteiger partial charge in [0.05, 0.1) is 5.71 Å². The predicted octanol–water partition coefficient (Wildman–Crippen LogP) is 1.85. The van der Waals surface area contributed by atoms with E-state index in [4.69, 9.17) is 5.11 Å². The average Bonchev–Trinajstić information content (AvgIpc) is 2.21. The van der Waals surface area contributed by atoms with Gasteiger partial charge in [-0.2, -0.15) is 0 Å². The van der Waals surface area contributed by atoms with Gasteiger partial charge >= 0.3 is 5.97 Å². The molecule has 0 heterocycles. The summed E-state index contributed by atoms with van der Waals surface area (Å²) >= 11 is 0. The maximum atomic E-state index is 13.2. The van der Waals surface area contributed by atoms with Crippen molar-refractivity contribution in [3.8, 4) is 0 Å². The van der Waals surface area contributed by atoms with Crippen molar-refractivity contribution >= 4 is 11.7 Å². The van der Waals surface area contributed by atoms with Crippen LogP contribution in [0.15, 0.2) is 29.4 Å². The molecule has 0 aliphatic rings. The number of carboxylic acid groups (broad SMARTS) is 1. The molecular formula is C11H12FNO3. The molecule has 0 aliphatic carbocycles. The summed E-state index contributed by atoms with van der Waals surface area (Å²) in [5.74, 6) is -1.40. The Morgan fingerprint density at radius 1 is 1.50 bits per heavy atom. The lowest BCUT2D eigenvalue weighted by molar-refractivity contribution is -0.142. The predicted molar refractivity (Wildman–Crippen MR) is 56.8 cm³/mol. The Hall–Kier alpha value is -1.91. The van der Waals surface area contributed by atoms with Gasteiger partial charge in [-0.05, 0) is 18.6 Å². The van der Waals surface area contributed by atoms with E-state index < -0.39 is 12.6 Å². The fourth-order valence-corrected chi connectivity index (χ4v) is 1.15. The summed E-state index contributed by atoms with van der Waals surface area (Å²) in [6.07, 6.45) is 0.298. The van der Waals surface area contributed by atoms with Crippen LogP contribution >= 0.6 is 0 Å². The van der Waals surface area contributed by atoms with E-state index in [1.165, 1.54) is 6.07 Å². The van der Waals surface area contributed by atoms with E-state index in [2.05, 4.69) is 9.99 Å². The first-order valence-corrected chi connectivity index (χ1v) is 4.70. The quantitative estimate of drug-likeness (QED) is 0.614. The molecule has 0 spiro atoms. The number of nitrogens with zero attached hydrogens (tertiary/aromatic N) is 1. The van der Waals surface area contributed by atoms with E-state index in [0.717, 1.165) is 0 Å². The number of hydrogen-bond acceptors (Lipinski definition) is 3. The van der Waals surface area contributed by atoms with Crippen LogP contribution in [0.2, 0.25) is 0 Å². The Morgan fingerprint density at radius 2 is 2.19 bits per heavy atom. The maximum Gasteiger partial charge on any atom is 0.344 e. The van der Waals surface area contributed by atoms with Gasteiger partial charge in [-0.1, -0.05) is 23.4 Å². The Kier molecular flexibility index (Phi) is 4.44. The fourth-order valence-electron chi connectivity index (χ4n) is 1.15. The van der Waals surface area contributed by atoms with Crippen LogP contribution in [0, 0.1) is 5.82 Å². The van der Waals surface area contributed by atoms with Crippen LogP contribution in [0.1, 0.15) is 12.5 Å². The van der Waals surface area contributed by atoms with Crippen molar-refractivity contribution < 1.29 is 19.1 Å². The molecule has 0 atom stereocenters. The molecule has 0 unspecified atom stereocenters. The van der Waals surface area contributed by atoms with Crippen LogP contribution < -0.4 is 0 Å². The molecule has 16 heavy (non-hydrogen) atoms. The van der Waals surface area contributed by atoms with Crippen LogP contribution in [-0.2, 0) is 16.1 Å². The first kappa shape index (κ1) is 12.2. The molecule has 0 amide bonds. The molecule has 0 saturated heterocycles. The Morgan fingerprint density at radius 3 is 2.81 bits per heavy atom. The molecule has 86 valence electrons. The molecule has 4 nitrogen and oxygen atoms in total. The lowest BCUT2D eigenvalue weighted by Crippen LogP contribution is -2.06. The summed E-state index contributed by atoms with van der Waals surface area (Å²) in [6, 6.07) is 6.34. The van der Waals surface area contributed by atoms with E-state index in [9.17, 15) is 9.18 Å². The molecule has 1 rings (SSSR count). The number of aliphatic carboxylic acids is 1. The highest BCUT2D eigenvalue weighted by molar-refractivity contribution is 5.83. The van der Waals surface area contributed by atoms with Gasteiger partial charge in [-0.3, -0.25) is 0 Å². The van der Waals surface area contributed by atoms with Crippen molar-refractivity contribution in [2.45, 2.75) is 13.3 Å². The van der Waals surface area contributed by atoms with Crippen LogP contribution in [-0.4, -0.2) is 23.4 Å². The number of carboxylic acids is 1. The minimum absolute atomic E-state index is 0.298. The van der Waals surface area contributed by atoms with Gasteiger partial charge in [0.2, 0.25) is 6.61 Å². The second-order valence-corrected chi connectivity index (χ2v) is 3.26. The normalized spacial score (nSPS) is 11.2. The lowest BCUT2D eigenvalue weighted by Gasteiger charge is -2.02. The fraction of sp³-hybridized carbons (Fsp3) is 0.273. The summed E-state index contributed by atoms with van der Waals surface area (Å²) in [5.41, 5.74) is 1.02. The van der Waals surface area contributed by atoms with E-state index in [0.29, 0.717) is 17.7 Å². The first-order valence-electron chi connectivity index (χ1n) is 4.70. The molecule has 0 bridgehead atoms. The zero-order chi connectivity index (χ0) is 12.0. The Bertz CT molecular complexity index is 404. The minimum atomic E-state index is -1.09. The summed E-state index contributed by atoms with van der Waals surface area (Å²) in [4.78, 5) is 14.7. The number of hydrogen-bond donors (Lipinski definition) is 1. The second-order valence-electron chi connectivity index (χ2n) is 3.26. The Balaban J connectivity index is 2.54. The summed E-state index contributed by atoms with van der Waals surface area (Å²) < 4.78 is 13.2. The number of oxime groups is 1. The molecular weight excluding hydrogens is 213 g/mol. The maximum absolute atomic E-state index is 13.2. The largest absolute Gasteiger partial charge is 0.479 e. The van der Waals surface area contributed by atoms with Gasteiger partial charge in [-0.15, -0.1) is 0 Å². The number of halogens is 1. The number of carbonyl (C=O) groups is 1. The number of benzene rings is 1. The van der Waals surface area contributed by atoms with E-state index in [1.807, 2.05) is 0 Å². The highest BCUT2D eigenvalue weighted by Gasteiger charge is 2.03. The SMILES string of the molecule is C/C(Cc1ccccc1F)=N/OCC(=O)O. The summed E-state index contributed by atoms with van der Waals surface area (Å²) in [6.45, 7) is 1.16. The van der Waals surface area contributed by atoms with Gasteiger partial charge in [-0.25, -0.2) is 9.18 Å². The van der Waals surface area contributed by atoms with Gasteiger partial charge in [0.15, 0.2) is 0 Å². The average molecular weight is 225 g/mol. The van der Waals surface area contributed by atoms with Crippen molar-refractivity contribution in [2.75, 3.05) is 6.61 Å². The molecule has 1 aromatic carbocycles. The van der Waals surface area contributed by atoms with E-state index >= 15 is 0 Å². The van der Waals surface area contributed by atoms with Crippen LogP contribution in [0.3, 0.4) is 0 Å². The smallest absolute Gasteiger partial charge is 0.344 e. The number of rotatable bonds is 5. The molecule has 0 saturated carbocycles. The van der Waals surface area contributed by atoms with Crippen molar-refractivity contribution in [2.24, 2.45) is 5.16 Å². The molecule has 0 radical (unpaired) electrons. The summed E-state index contributed by atoms with van der Waals surface area (Å²) in [5, 5.41) is 11.9. The van der Waals surface area contributed by atoms with Crippen molar-refractivity contribution in [1.29, 1.82) is 0 Å². The molecule has 1 aromatic rings. The molecule has 0 fully saturated rings. The van der Waals surface area contributed by atoms with Gasteiger partial charge in [0, 0.05) is 6.42 Å². The second kappa shape index (κ2) is 5.85. The van der Waals surface area contributed by atoms with Gasteiger partial charge in [0.1, 0.15) is 5.82 Å². The van der Waals surface area contributed by atoms with Gasteiger partial charge in [0.25, 0.3) is 0 Å². The molecule has 1 N–H and O–H groups in total. The topological polar surface area (TPSA) is 58.9 Å². The zero-order valence-electron chi connectivity index (χ0n) is 8.81. The van der Waals surface area contributed by atoms with Gasteiger partial charge < -0.3 is 9.94 Å². The lowest BCUT2D eigenvalue weighted by atomic mass is 10.1. The third-order valence-electron chi connectivity index (χ3n) is 1.81. The van der Waals surface area contributed by atoms with Crippen LogP contribution in [0.25, 0.3) is 0 Å². The highest BCUT2D eigenvalue weighted by Crippen LogP contribution is 2.07. The van der Waals surface area contributed by atoms with Crippen molar-refractivity contribution in [3.63, 3.8) is 0 Å². The van der Waals surface area contributed by atoms with Crippen molar-refractivity contribution in [3.05, 3.63) is 35.6 Å². The van der Waals surface area contributed by atoms with Crippen LogP contribution in [0.5, 0.6) is 0 Å². The minimum Gasteiger partial charge on any atom is -0.479 e. The third-order valence-corrected chi connectivity index (χ3v) is 1.81. The monoisotopic (exact) mass is 225 g/mol. The van der Waals surface area contributed by atoms with E-state index in [-0.39, 0.29) is 5.82 Å². The summed E-state index contributed by atoms with van der Waals surface area (Å²) in [7, 11) is 0. The molecule has 0 aromatic heterocycles. The third kappa shape index (κ3) is 4.08. The van der Waals surface area contributed by atoms with E-state index in [1.54, 1.807) is 25.1 Å². The zero-order valence-corrected chi connectivity index (χ0v) is 8.81. The van der Waals surface area contributed by atoms with Crippen molar-refractivity contribution in [1.82, 2.24) is 0 Å². The Labute approximate surface area is 92.3 Å². The first-order chi connectivity index (χ1) is 7.59.